The van der Waals surface area contributed by atoms with Crippen LogP contribution in [0.2, 0.25) is 0 Å². The van der Waals surface area contributed by atoms with Gasteiger partial charge in [-0.25, -0.2) is 9.18 Å². The second-order valence-corrected chi connectivity index (χ2v) is 7.38. The van der Waals surface area contributed by atoms with Crippen molar-refractivity contribution in [3.8, 4) is 0 Å². The zero-order valence-electron chi connectivity index (χ0n) is 15.8. The van der Waals surface area contributed by atoms with Crippen molar-refractivity contribution >= 4 is 17.8 Å². The van der Waals surface area contributed by atoms with Gasteiger partial charge in [-0.3, -0.25) is 14.5 Å². The van der Waals surface area contributed by atoms with Crippen LogP contribution in [0.5, 0.6) is 0 Å². The summed E-state index contributed by atoms with van der Waals surface area (Å²) >= 11 is 0. The molecule has 1 atom stereocenters. The monoisotopic (exact) mass is 375 g/mol. The average molecular weight is 375 g/mol. The standard InChI is InChI=1S/C20H26FN3O3/c1-3-20(14-9-11-15(21)12-10-14)18(26)24(19(27)22-20)13-17(25)23(2)16-7-5-4-6-8-16/h9-12,16H,3-8,13H2,1-2H3,(H,22,27)/t20-/m1/s1. The lowest BCUT2D eigenvalue weighted by molar-refractivity contribution is -0.140. The summed E-state index contributed by atoms with van der Waals surface area (Å²) < 4.78 is 13.3. The Balaban J connectivity index is 1.76. The number of benzene rings is 1. The number of likely N-dealkylation sites (N-methyl/N-ethyl adjacent to an activating group) is 1. The summed E-state index contributed by atoms with van der Waals surface area (Å²) in [5.74, 6) is -1.12. The third kappa shape index (κ3) is 3.55. The molecule has 0 radical (unpaired) electrons. The molecule has 1 saturated heterocycles. The highest BCUT2D eigenvalue weighted by atomic mass is 19.1. The quantitative estimate of drug-likeness (QED) is 0.805. The molecule has 146 valence electrons. The highest BCUT2D eigenvalue weighted by Gasteiger charge is 2.51. The van der Waals surface area contributed by atoms with Crippen molar-refractivity contribution in [2.75, 3.05) is 13.6 Å². The highest BCUT2D eigenvalue weighted by Crippen LogP contribution is 2.32. The van der Waals surface area contributed by atoms with Gasteiger partial charge in [0.15, 0.2) is 0 Å². The summed E-state index contributed by atoms with van der Waals surface area (Å²) in [6, 6.07) is 5.09. The molecule has 2 aliphatic rings. The number of rotatable bonds is 5. The third-order valence-corrected chi connectivity index (χ3v) is 5.85. The molecule has 0 unspecified atom stereocenters. The molecular weight excluding hydrogens is 349 g/mol. The predicted molar refractivity (Wildman–Crippen MR) is 98.3 cm³/mol. The Hall–Kier alpha value is -2.44. The molecule has 0 aromatic heterocycles. The molecular formula is C20H26FN3O3. The number of nitrogens with zero attached hydrogens (tertiary/aromatic N) is 2. The van der Waals surface area contributed by atoms with Gasteiger partial charge in [0, 0.05) is 13.1 Å². The van der Waals surface area contributed by atoms with Crippen molar-refractivity contribution in [1.82, 2.24) is 15.1 Å². The molecule has 1 saturated carbocycles. The Morgan fingerprint density at radius 1 is 1.22 bits per heavy atom. The van der Waals surface area contributed by atoms with Crippen LogP contribution in [0, 0.1) is 5.82 Å². The van der Waals surface area contributed by atoms with Crippen LogP contribution in [0.1, 0.15) is 51.0 Å². The van der Waals surface area contributed by atoms with Gasteiger partial charge in [0.1, 0.15) is 17.9 Å². The van der Waals surface area contributed by atoms with Gasteiger partial charge in [0.2, 0.25) is 5.91 Å². The van der Waals surface area contributed by atoms with Crippen LogP contribution in [0.25, 0.3) is 0 Å². The van der Waals surface area contributed by atoms with Crippen LogP contribution in [0.15, 0.2) is 24.3 Å². The van der Waals surface area contributed by atoms with Crippen LogP contribution >= 0.6 is 0 Å². The lowest BCUT2D eigenvalue weighted by atomic mass is 9.87. The Morgan fingerprint density at radius 3 is 2.44 bits per heavy atom. The van der Waals surface area contributed by atoms with Crippen LogP contribution in [0.4, 0.5) is 9.18 Å². The van der Waals surface area contributed by atoms with Crippen LogP contribution in [-0.4, -0.2) is 47.3 Å². The van der Waals surface area contributed by atoms with Crippen molar-refractivity contribution in [2.45, 2.75) is 57.0 Å². The number of carbonyl (C=O) groups is 3. The first-order valence-electron chi connectivity index (χ1n) is 9.55. The zero-order valence-corrected chi connectivity index (χ0v) is 15.8. The summed E-state index contributed by atoms with van der Waals surface area (Å²) in [5, 5.41) is 2.72. The average Bonchev–Trinajstić information content (AvgIpc) is 2.93. The number of halogens is 1. The Labute approximate surface area is 158 Å². The molecule has 0 spiro atoms. The fourth-order valence-corrected chi connectivity index (χ4v) is 4.06. The Kier molecular flexibility index (Phi) is 5.48. The summed E-state index contributed by atoms with van der Waals surface area (Å²) in [5.41, 5.74) is -0.741. The van der Waals surface area contributed by atoms with Gasteiger partial charge in [-0.15, -0.1) is 0 Å². The first-order valence-corrected chi connectivity index (χ1v) is 9.55. The SMILES string of the molecule is CC[C@]1(c2ccc(F)cc2)NC(=O)N(CC(=O)N(C)C2CCCCC2)C1=O. The minimum atomic E-state index is -1.26. The number of imide groups is 1. The maximum Gasteiger partial charge on any atom is 0.325 e. The van der Waals surface area contributed by atoms with E-state index in [0.717, 1.165) is 30.6 Å². The van der Waals surface area contributed by atoms with Gasteiger partial charge < -0.3 is 10.2 Å². The van der Waals surface area contributed by atoms with Gasteiger partial charge >= 0.3 is 6.03 Å². The van der Waals surface area contributed by atoms with Crippen LogP contribution in [0.3, 0.4) is 0 Å². The van der Waals surface area contributed by atoms with E-state index in [4.69, 9.17) is 0 Å². The highest BCUT2D eigenvalue weighted by molar-refractivity contribution is 6.09. The number of nitrogens with one attached hydrogen (secondary N) is 1. The molecule has 1 aromatic carbocycles. The van der Waals surface area contributed by atoms with Gasteiger partial charge in [0.05, 0.1) is 0 Å². The number of amides is 4. The van der Waals surface area contributed by atoms with Gasteiger partial charge in [0.25, 0.3) is 5.91 Å². The fourth-order valence-electron chi connectivity index (χ4n) is 4.06. The van der Waals surface area contributed by atoms with Crippen molar-refractivity contribution in [2.24, 2.45) is 0 Å². The lowest BCUT2D eigenvalue weighted by Gasteiger charge is -2.32. The predicted octanol–water partition coefficient (Wildman–Crippen LogP) is 2.77. The minimum Gasteiger partial charge on any atom is -0.341 e. The van der Waals surface area contributed by atoms with Crippen molar-refractivity contribution in [3.63, 3.8) is 0 Å². The second-order valence-electron chi connectivity index (χ2n) is 7.38. The molecule has 0 bridgehead atoms. The fraction of sp³-hybridized carbons (Fsp3) is 0.550. The summed E-state index contributed by atoms with van der Waals surface area (Å²) in [6.45, 7) is 1.50. The molecule has 1 aliphatic carbocycles. The largest absolute Gasteiger partial charge is 0.341 e. The van der Waals surface area contributed by atoms with E-state index < -0.39 is 23.3 Å². The molecule has 3 rings (SSSR count). The molecule has 7 heteroatoms. The van der Waals surface area contributed by atoms with E-state index in [9.17, 15) is 18.8 Å². The van der Waals surface area contributed by atoms with Crippen LogP contribution < -0.4 is 5.32 Å². The second kappa shape index (κ2) is 7.66. The van der Waals surface area contributed by atoms with Crippen molar-refractivity contribution < 1.29 is 18.8 Å². The van der Waals surface area contributed by atoms with E-state index in [1.165, 1.54) is 30.7 Å². The van der Waals surface area contributed by atoms with Crippen molar-refractivity contribution in [1.29, 1.82) is 0 Å². The molecule has 27 heavy (non-hydrogen) atoms. The summed E-state index contributed by atoms with van der Waals surface area (Å²) in [7, 11) is 1.74. The van der Waals surface area contributed by atoms with E-state index in [2.05, 4.69) is 5.32 Å². The Morgan fingerprint density at radius 2 is 1.85 bits per heavy atom. The maximum atomic E-state index is 13.3. The first kappa shape index (κ1) is 19.3. The smallest absolute Gasteiger partial charge is 0.325 e. The lowest BCUT2D eigenvalue weighted by Crippen LogP contribution is -2.47. The summed E-state index contributed by atoms with van der Waals surface area (Å²) in [6.07, 6.45) is 5.59. The normalized spacial score (nSPS) is 23.4. The molecule has 4 amide bonds. The van der Waals surface area contributed by atoms with E-state index in [0.29, 0.717) is 12.0 Å². The van der Waals surface area contributed by atoms with E-state index >= 15 is 0 Å². The maximum absolute atomic E-state index is 13.3. The molecule has 1 N–H and O–H groups in total. The number of hydrogen-bond acceptors (Lipinski definition) is 3. The van der Waals surface area contributed by atoms with Gasteiger partial charge in [-0.2, -0.15) is 0 Å². The number of carbonyl (C=O) groups excluding carboxylic acids is 3. The van der Waals surface area contributed by atoms with E-state index in [1.807, 2.05) is 0 Å². The number of urea groups is 1. The molecule has 1 heterocycles. The van der Waals surface area contributed by atoms with Crippen molar-refractivity contribution in [3.05, 3.63) is 35.6 Å². The molecule has 1 aliphatic heterocycles. The van der Waals surface area contributed by atoms with Crippen LogP contribution in [-0.2, 0) is 15.1 Å². The minimum absolute atomic E-state index is 0.167. The van der Waals surface area contributed by atoms with Gasteiger partial charge in [-0.05, 0) is 37.0 Å². The van der Waals surface area contributed by atoms with Gasteiger partial charge in [-0.1, -0.05) is 38.3 Å². The topological polar surface area (TPSA) is 69.7 Å². The Bertz CT molecular complexity index is 730. The molecule has 2 fully saturated rings. The van der Waals surface area contributed by atoms with E-state index in [-0.39, 0.29) is 18.5 Å². The molecule has 1 aromatic rings. The molecule has 6 nitrogen and oxygen atoms in total. The summed E-state index contributed by atoms with van der Waals surface area (Å²) in [4.78, 5) is 40.9. The number of hydrogen-bond donors (Lipinski definition) is 1. The first-order chi connectivity index (χ1) is 12.9. The third-order valence-electron chi connectivity index (χ3n) is 5.85. The van der Waals surface area contributed by atoms with E-state index in [1.54, 1.807) is 18.9 Å². The zero-order chi connectivity index (χ0) is 19.6.